The van der Waals surface area contributed by atoms with Gasteiger partial charge in [0.25, 0.3) is 5.91 Å². The highest BCUT2D eigenvalue weighted by atomic mass is 32.2. The second-order valence-corrected chi connectivity index (χ2v) is 7.31. The molecule has 0 aliphatic carbocycles. The summed E-state index contributed by atoms with van der Waals surface area (Å²) < 4.78 is 0. The fourth-order valence-corrected chi connectivity index (χ4v) is 4.63. The summed E-state index contributed by atoms with van der Waals surface area (Å²) in [5.41, 5.74) is 1.53. The zero-order valence-electron chi connectivity index (χ0n) is 13.5. The van der Waals surface area contributed by atoms with E-state index < -0.39 is 24.0 Å². The van der Waals surface area contributed by atoms with Gasteiger partial charge >= 0.3 is 0 Å². The molecule has 2 heterocycles. The number of carboxylic acids is 1. The third-order valence-electron chi connectivity index (χ3n) is 4.76. The highest BCUT2D eigenvalue weighted by molar-refractivity contribution is 7.99. The van der Waals surface area contributed by atoms with Crippen LogP contribution in [-0.2, 0) is 9.59 Å². The Morgan fingerprint density at radius 1 is 1.42 bits per heavy atom. The second-order valence-electron chi connectivity index (χ2n) is 6.19. The molecule has 24 heavy (non-hydrogen) atoms. The van der Waals surface area contributed by atoms with E-state index in [-0.39, 0.29) is 17.2 Å². The molecule has 1 N–H and O–H groups in total. The number of thioether (sulfide) groups is 1. The van der Waals surface area contributed by atoms with E-state index in [1.54, 1.807) is 24.0 Å². The van der Waals surface area contributed by atoms with Crippen LogP contribution in [-0.4, -0.2) is 40.5 Å². The predicted octanol–water partition coefficient (Wildman–Crippen LogP) is 0.537. The van der Waals surface area contributed by atoms with Crippen LogP contribution in [0.5, 0.6) is 0 Å². The molecule has 2 aliphatic heterocycles. The average molecular weight is 347 g/mol. The molecule has 0 radical (unpaired) electrons. The number of nitrogens with one attached hydrogen (secondary N) is 1. The molecule has 1 aromatic carbocycles. The summed E-state index contributed by atoms with van der Waals surface area (Å²) >= 11 is 1.53. The zero-order valence-corrected chi connectivity index (χ0v) is 14.3. The summed E-state index contributed by atoms with van der Waals surface area (Å²) in [5, 5.41) is 13.7. The number of rotatable bonds is 5. The van der Waals surface area contributed by atoms with Gasteiger partial charge in [0.1, 0.15) is 11.4 Å². The highest BCUT2D eigenvalue weighted by Crippen LogP contribution is 2.48. The fourth-order valence-electron chi connectivity index (χ4n) is 3.16. The first-order valence-corrected chi connectivity index (χ1v) is 9.05. The molecule has 6 nitrogen and oxygen atoms in total. The van der Waals surface area contributed by atoms with Crippen LogP contribution in [0.1, 0.15) is 41.6 Å². The van der Waals surface area contributed by atoms with Crippen molar-refractivity contribution in [3.8, 4) is 0 Å². The molecule has 1 aromatic rings. The molecule has 128 valence electrons. The molecule has 0 spiro atoms. The summed E-state index contributed by atoms with van der Waals surface area (Å²) in [6.07, 6.45) is 0.606. The molecule has 1 fully saturated rings. The minimum Gasteiger partial charge on any atom is -0.548 e. The Morgan fingerprint density at radius 3 is 2.79 bits per heavy atom. The molecular formula is C17H19N2O4S-. The number of nitrogens with zero attached hydrogens (tertiary/aromatic N) is 1. The number of fused-ring (bicyclic) bond motifs is 3. The fraction of sp³-hybridized carbons (Fsp3) is 0.471. The van der Waals surface area contributed by atoms with Crippen molar-refractivity contribution in [1.82, 2.24) is 10.2 Å². The van der Waals surface area contributed by atoms with Gasteiger partial charge in [-0.15, -0.1) is 11.8 Å². The van der Waals surface area contributed by atoms with Crippen molar-refractivity contribution in [1.29, 1.82) is 0 Å². The van der Waals surface area contributed by atoms with Crippen LogP contribution in [0.2, 0.25) is 0 Å². The molecule has 2 amide bonds. The van der Waals surface area contributed by atoms with Crippen molar-refractivity contribution >= 4 is 29.5 Å². The van der Waals surface area contributed by atoms with E-state index in [4.69, 9.17) is 0 Å². The maximum Gasteiger partial charge on any atom is 0.256 e. The monoisotopic (exact) mass is 347 g/mol. The smallest absolute Gasteiger partial charge is 0.256 e. The molecule has 0 aromatic heterocycles. The van der Waals surface area contributed by atoms with E-state index in [2.05, 4.69) is 5.32 Å². The van der Waals surface area contributed by atoms with Crippen LogP contribution >= 0.6 is 11.8 Å². The Labute approximate surface area is 144 Å². The topological polar surface area (TPSA) is 89.5 Å². The first kappa shape index (κ1) is 16.8. The molecule has 2 aliphatic rings. The zero-order chi connectivity index (χ0) is 17.4. The molecule has 0 bridgehead atoms. The number of amides is 2. The van der Waals surface area contributed by atoms with Crippen molar-refractivity contribution in [2.75, 3.05) is 5.75 Å². The third-order valence-corrected chi connectivity index (χ3v) is 6.06. The third kappa shape index (κ3) is 2.66. The van der Waals surface area contributed by atoms with Gasteiger partial charge in [-0.1, -0.05) is 38.5 Å². The summed E-state index contributed by atoms with van der Waals surface area (Å²) in [5.74, 6) is -1.68. The summed E-state index contributed by atoms with van der Waals surface area (Å²) in [6.45, 7) is 3.61. The van der Waals surface area contributed by atoms with E-state index in [1.165, 1.54) is 11.8 Å². The number of hydrogen-bond acceptors (Lipinski definition) is 5. The van der Waals surface area contributed by atoms with Gasteiger partial charge in [-0.2, -0.15) is 0 Å². The van der Waals surface area contributed by atoms with E-state index in [1.807, 2.05) is 19.1 Å². The van der Waals surface area contributed by atoms with E-state index in [9.17, 15) is 19.5 Å². The lowest BCUT2D eigenvalue weighted by atomic mass is 9.99. The van der Waals surface area contributed by atoms with Gasteiger partial charge in [0.2, 0.25) is 5.91 Å². The first-order valence-electron chi connectivity index (χ1n) is 8.00. The van der Waals surface area contributed by atoms with Gasteiger partial charge in [-0.05, 0) is 17.5 Å². The lowest BCUT2D eigenvalue weighted by Gasteiger charge is -2.29. The van der Waals surface area contributed by atoms with E-state index in [0.29, 0.717) is 17.7 Å². The van der Waals surface area contributed by atoms with Crippen LogP contribution < -0.4 is 10.4 Å². The number of carbonyl (C=O) groups excluding carboxylic acids is 3. The van der Waals surface area contributed by atoms with Gasteiger partial charge in [-0.3, -0.25) is 9.59 Å². The summed E-state index contributed by atoms with van der Waals surface area (Å²) in [7, 11) is 0. The Balaban J connectivity index is 1.79. The normalized spacial score (nSPS) is 24.2. The maximum atomic E-state index is 12.6. The summed E-state index contributed by atoms with van der Waals surface area (Å²) in [4.78, 5) is 38.1. The van der Waals surface area contributed by atoms with Gasteiger partial charge < -0.3 is 20.1 Å². The Bertz CT molecular complexity index is 693. The van der Waals surface area contributed by atoms with Crippen molar-refractivity contribution in [2.45, 2.75) is 37.7 Å². The lowest BCUT2D eigenvalue weighted by molar-refractivity contribution is -0.309. The van der Waals surface area contributed by atoms with Crippen molar-refractivity contribution in [3.63, 3.8) is 0 Å². The second kappa shape index (κ2) is 6.47. The van der Waals surface area contributed by atoms with Crippen molar-refractivity contribution < 1.29 is 19.5 Å². The highest BCUT2D eigenvalue weighted by Gasteiger charge is 2.48. The first-order chi connectivity index (χ1) is 11.5. The number of benzene rings is 1. The minimum absolute atomic E-state index is 0.172. The number of carbonyl (C=O) groups is 3. The van der Waals surface area contributed by atoms with Gasteiger partial charge in [-0.25, -0.2) is 0 Å². The van der Waals surface area contributed by atoms with Gasteiger partial charge in [0.15, 0.2) is 0 Å². The molecule has 0 unspecified atom stereocenters. The minimum atomic E-state index is -1.30. The number of hydrogen-bond donors (Lipinski definition) is 1. The van der Waals surface area contributed by atoms with Gasteiger partial charge in [0.05, 0.1) is 12.0 Å². The maximum absolute atomic E-state index is 12.6. The van der Waals surface area contributed by atoms with Crippen molar-refractivity contribution in [3.05, 3.63) is 35.4 Å². The average Bonchev–Trinajstić information content (AvgIpc) is 3.12. The van der Waals surface area contributed by atoms with Gasteiger partial charge in [0, 0.05) is 11.3 Å². The van der Waals surface area contributed by atoms with E-state index >= 15 is 0 Å². The molecule has 1 saturated heterocycles. The predicted molar refractivity (Wildman–Crippen MR) is 88.0 cm³/mol. The molecule has 7 heteroatoms. The van der Waals surface area contributed by atoms with Crippen LogP contribution in [0.25, 0.3) is 0 Å². The SMILES string of the molecule is CC[C@@H](C)[C@H](NC(=O)[C@@H]1CS[C@H]2c3ccccc3C(=O)N12)C(=O)[O-]. The Hall–Kier alpha value is -2.02. The largest absolute Gasteiger partial charge is 0.548 e. The van der Waals surface area contributed by atoms with Crippen LogP contribution in [0, 0.1) is 5.92 Å². The quantitative estimate of drug-likeness (QED) is 0.839. The molecule has 4 atom stereocenters. The Morgan fingerprint density at radius 2 is 2.12 bits per heavy atom. The van der Waals surface area contributed by atoms with Crippen LogP contribution in [0.15, 0.2) is 24.3 Å². The standard InChI is InChI=1S/C17H20N2O4S/c1-3-9(2)13(17(22)23)18-14(20)12-8-24-16-11-7-5-4-6-10(11)15(21)19(12)16/h4-7,9,12-13,16H,3,8H2,1-2H3,(H,18,20)(H,22,23)/p-1/t9-,12+,13+,16+/m1/s1. The van der Waals surface area contributed by atoms with Crippen molar-refractivity contribution in [2.24, 2.45) is 5.92 Å². The molecular weight excluding hydrogens is 328 g/mol. The Kier molecular flexibility index (Phi) is 4.54. The van der Waals surface area contributed by atoms with E-state index in [0.717, 1.165) is 5.56 Å². The van der Waals surface area contributed by atoms with Crippen LogP contribution in [0.3, 0.4) is 0 Å². The van der Waals surface area contributed by atoms with Crippen LogP contribution in [0.4, 0.5) is 0 Å². The number of aliphatic carboxylic acids is 1. The molecule has 3 rings (SSSR count). The number of carboxylic acid groups (broad SMARTS) is 1. The molecule has 0 saturated carbocycles. The lowest BCUT2D eigenvalue weighted by Crippen LogP contribution is -2.56. The summed E-state index contributed by atoms with van der Waals surface area (Å²) in [6, 6.07) is 5.62.